The van der Waals surface area contributed by atoms with Crippen LogP contribution < -0.4 is 0 Å². The molecule has 0 unspecified atom stereocenters. The number of nitrogens with zero attached hydrogens (tertiary/aromatic N) is 1. The smallest absolute Gasteiger partial charge is 0.285 e. The highest BCUT2D eigenvalue weighted by Crippen LogP contribution is 2.38. The van der Waals surface area contributed by atoms with Crippen molar-refractivity contribution in [2.45, 2.75) is 44.4 Å². The van der Waals surface area contributed by atoms with Gasteiger partial charge >= 0.3 is 0 Å². The third kappa shape index (κ3) is 4.25. The first-order valence-electron chi connectivity index (χ1n) is 6.46. The fourth-order valence-electron chi connectivity index (χ4n) is 1.79. The number of benzene rings is 1. The summed E-state index contributed by atoms with van der Waals surface area (Å²) in [5.74, 6) is 0.792. The second kappa shape index (κ2) is 6.80. The molecular weight excluding hydrogens is 322 g/mol. The molecule has 1 rings (SSSR count). The Morgan fingerprint density at radius 2 is 1.53 bits per heavy atom. The normalized spacial score (nSPS) is 11.2. The number of hydrogen-bond donors (Lipinski definition) is 0. The van der Waals surface area contributed by atoms with E-state index in [-0.39, 0.29) is 5.24 Å². The van der Waals surface area contributed by atoms with Crippen molar-refractivity contribution in [1.82, 2.24) is 4.90 Å². The van der Waals surface area contributed by atoms with Crippen LogP contribution in [0.4, 0.5) is 4.79 Å². The molecule has 2 nitrogen and oxygen atoms in total. The molecular formula is C15H22BrNOS. The Kier molecular flexibility index (Phi) is 5.93. The molecule has 0 N–H and O–H groups in total. The summed E-state index contributed by atoms with van der Waals surface area (Å²) in [6, 6.07) is 4.25. The Bertz CT molecular complexity index is 440. The lowest BCUT2D eigenvalue weighted by atomic mass is 9.95. The maximum absolute atomic E-state index is 12.0. The summed E-state index contributed by atoms with van der Waals surface area (Å²) >= 11 is 4.91. The monoisotopic (exact) mass is 343 g/mol. The zero-order valence-corrected chi connectivity index (χ0v) is 14.9. The van der Waals surface area contributed by atoms with Crippen LogP contribution in [0, 0.1) is 0 Å². The zero-order valence-electron chi connectivity index (χ0n) is 12.5. The summed E-state index contributed by atoms with van der Waals surface area (Å²) < 4.78 is 1.08. The summed E-state index contributed by atoms with van der Waals surface area (Å²) in [4.78, 5) is 14.8. The van der Waals surface area contributed by atoms with Crippen molar-refractivity contribution in [3.05, 3.63) is 27.7 Å². The van der Waals surface area contributed by atoms with Crippen LogP contribution in [-0.4, -0.2) is 24.2 Å². The van der Waals surface area contributed by atoms with Gasteiger partial charge in [0.05, 0.1) is 0 Å². The van der Waals surface area contributed by atoms with Gasteiger partial charge in [-0.15, -0.1) is 0 Å². The van der Waals surface area contributed by atoms with E-state index in [1.165, 1.54) is 22.9 Å². The molecule has 4 heteroatoms. The standard InChI is InChI=1S/C15H22BrNOS/c1-9(2)12-7-11(16)8-13(10(3)4)14(12)19-15(18)17(5)6/h7-10H,1-6H3. The summed E-state index contributed by atoms with van der Waals surface area (Å²) in [7, 11) is 3.58. The minimum absolute atomic E-state index is 0.0751. The Morgan fingerprint density at radius 1 is 1.11 bits per heavy atom. The predicted octanol–water partition coefficient (Wildman–Crippen LogP) is 5.47. The molecule has 0 spiro atoms. The van der Waals surface area contributed by atoms with Gasteiger partial charge in [0.1, 0.15) is 0 Å². The number of hydrogen-bond acceptors (Lipinski definition) is 2. The van der Waals surface area contributed by atoms with E-state index in [2.05, 4.69) is 55.8 Å². The minimum Gasteiger partial charge on any atom is -0.339 e. The highest BCUT2D eigenvalue weighted by molar-refractivity contribution is 9.10. The van der Waals surface area contributed by atoms with Gasteiger partial charge in [-0.1, -0.05) is 43.6 Å². The molecule has 0 aliphatic rings. The summed E-state index contributed by atoms with van der Waals surface area (Å²) in [5, 5.41) is 0.0751. The van der Waals surface area contributed by atoms with Crippen molar-refractivity contribution in [1.29, 1.82) is 0 Å². The molecule has 0 fully saturated rings. The van der Waals surface area contributed by atoms with Gasteiger partial charge in [0.15, 0.2) is 0 Å². The van der Waals surface area contributed by atoms with E-state index in [0.29, 0.717) is 11.8 Å². The van der Waals surface area contributed by atoms with Crippen LogP contribution in [-0.2, 0) is 0 Å². The van der Waals surface area contributed by atoms with Crippen molar-refractivity contribution >= 4 is 32.9 Å². The van der Waals surface area contributed by atoms with Crippen LogP contribution in [0.3, 0.4) is 0 Å². The Labute approximate surface area is 129 Å². The Balaban J connectivity index is 3.35. The van der Waals surface area contributed by atoms with Gasteiger partial charge in [-0.05, 0) is 46.9 Å². The summed E-state index contributed by atoms with van der Waals surface area (Å²) in [5.41, 5.74) is 2.47. The van der Waals surface area contributed by atoms with Gasteiger partial charge in [-0.3, -0.25) is 4.79 Å². The molecule has 0 heterocycles. The van der Waals surface area contributed by atoms with Crippen LogP contribution >= 0.6 is 27.7 Å². The average molecular weight is 344 g/mol. The van der Waals surface area contributed by atoms with E-state index < -0.39 is 0 Å². The molecule has 0 radical (unpaired) electrons. The van der Waals surface area contributed by atoms with E-state index in [9.17, 15) is 4.79 Å². The fraction of sp³-hybridized carbons (Fsp3) is 0.533. The zero-order chi connectivity index (χ0) is 14.7. The largest absolute Gasteiger partial charge is 0.339 e. The molecule has 1 aromatic carbocycles. The quantitative estimate of drug-likeness (QED) is 0.678. The van der Waals surface area contributed by atoms with Crippen molar-refractivity contribution < 1.29 is 4.79 Å². The second-order valence-corrected chi connectivity index (χ2v) is 7.36. The van der Waals surface area contributed by atoms with Crippen LogP contribution in [0.25, 0.3) is 0 Å². The number of carbonyl (C=O) groups is 1. The molecule has 1 aromatic rings. The molecule has 0 saturated carbocycles. The number of carbonyl (C=O) groups excluding carboxylic acids is 1. The lowest BCUT2D eigenvalue weighted by Gasteiger charge is -2.20. The van der Waals surface area contributed by atoms with Gasteiger partial charge in [-0.25, -0.2) is 0 Å². The highest BCUT2D eigenvalue weighted by Gasteiger charge is 2.19. The molecule has 0 atom stereocenters. The predicted molar refractivity (Wildman–Crippen MR) is 87.3 cm³/mol. The third-order valence-electron chi connectivity index (χ3n) is 2.91. The number of halogens is 1. The Hall–Kier alpha value is -0.480. The minimum atomic E-state index is 0.0751. The molecule has 0 bridgehead atoms. The van der Waals surface area contributed by atoms with Crippen LogP contribution in [0.15, 0.2) is 21.5 Å². The molecule has 0 aromatic heterocycles. The van der Waals surface area contributed by atoms with Gasteiger partial charge in [0.25, 0.3) is 5.24 Å². The lowest BCUT2D eigenvalue weighted by Crippen LogP contribution is -2.17. The lowest BCUT2D eigenvalue weighted by molar-refractivity contribution is 0.241. The molecule has 106 valence electrons. The molecule has 1 amide bonds. The van der Waals surface area contributed by atoms with Gasteiger partial charge in [0, 0.05) is 23.5 Å². The van der Waals surface area contributed by atoms with Crippen molar-refractivity contribution in [3.63, 3.8) is 0 Å². The fourth-order valence-corrected chi connectivity index (χ4v) is 3.47. The molecule has 19 heavy (non-hydrogen) atoms. The number of amides is 1. The van der Waals surface area contributed by atoms with E-state index in [1.54, 1.807) is 19.0 Å². The highest BCUT2D eigenvalue weighted by atomic mass is 79.9. The van der Waals surface area contributed by atoms with Crippen LogP contribution in [0.1, 0.15) is 50.7 Å². The van der Waals surface area contributed by atoms with Crippen LogP contribution in [0.2, 0.25) is 0 Å². The molecule has 0 aliphatic carbocycles. The SMILES string of the molecule is CC(C)c1cc(Br)cc(C(C)C)c1SC(=O)N(C)C. The van der Waals surface area contributed by atoms with Crippen LogP contribution in [0.5, 0.6) is 0 Å². The number of rotatable bonds is 3. The molecule has 0 aliphatic heterocycles. The van der Waals surface area contributed by atoms with Gasteiger partial charge in [-0.2, -0.15) is 0 Å². The second-order valence-electron chi connectivity index (χ2n) is 5.49. The van der Waals surface area contributed by atoms with E-state index in [0.717, 1.165) is 9.37 Å². The number of thioether (sulfide) groups is 1. The first kappa shape index (κ1) is 16.6. The van der Waals surface area contributed by atoms with E-state index in [4.69, 9.17) is 0 Å². The average Bonchev–Trinajstić information content (AvgIpc) is 2.29. The van der Waals surface area contributed by atoms with E-state index in [1.807, 2.05) is 0 Å². The van der Waals surface area contributed by atoms with Crippen molar-refractivity contribution in [2.24, 2.45) is 0 Å². The van der Waals surface area contributed by atoms with Gasteiger partial charge in [0.2, 0.25) is 0 Å². The first-order valence-corrected chi connectivity index (χ1v) is 8.07. The third-order valence-corrected chi connectivity index (χ3v) is 4.58. The maximum Gasteiger partial charge on any atom is 0.285 e. The Morgan fingerprint density at radius 3 is 1.84 bits per heavy atom. The summed E-state index contributed by atoms with van der Waals surface area (Å²) in [6.07, 6.45) is 0. The topological polar surface area (TPSA) is 20.3 Å². The summed E-state index contributed by atoms with van der Waals surface area (Å²) in [6.45, 7) is 8.65. The first-order chi connectivity index (χ1) is 8.73. The van der Waals surface area contributed by atoms with E-state index >= 15 is 0 Å². The van der Waals surface area contributed by atoms with Crippen molar-refractivity contribution in [2.75, 3.05) is 14.1 Å². The van der Waals surface area contributed by atoms with Gasteiger partial charge < -0.3 is 4.90 Å². The van der Waals surface area contributed by atoms with Crippen molar-refractivity contribution in [3.8, 4) is 0 Å². The maximum atomic E-state index is 12.0. The molecule has 0 saturated heterocycles.